The van der Waals surface area contributed by atoms with Crippen molar-refractivity contribution in [2.45, 2.75) is 83.6 Å². The lowest BCUT2D eigenvalue weighted by Gasteiger charge is -2.32. The van der Waals surface area contributed by atoms with E-state index < -0.39 is 18.3 Å². The van der Waals surface area contributed by atoms with Crippen molar-refractivity contribution in [3.8, 4) is 0 Å². The van der Waals surface area contributed by atoms with Crippen LogP contribution in [-0.2, 0) is 18.6 Å². The van der Waals surface area contributed by atoms with Crippen molar-refractivity contribution in [2.75, 3.05) is 0 Å². The highest BCUT2D eigenvalue weighted by molar-refractivity contribution is 6.70. The third-order valence-electron chi connectivity index (χ3n) is 8.04. The Morgan fingerprint density at radius 1 is 0.677 bits per heavy atom. The zero-order valence-corrected chi connectivity index (χ0v) is 19.9. The van der Waals surface area contributed by atoms with Gasteiger partial charge in [0.05, 0.1) is 22.4 Å². The summed E-state index contributed by atoms with van der Waals surface area (Å²) in [5.74, 6) is -0.0475. The van der Waals surface area contributed by atoms with Gasteiger partial charge in [-0.2, -0.15) is 0 Å². The third kappa shape index (κ3) is 3.06. The van der Waals surface area contributed by atoms with E-state index in [4.69, 9.17) is 18.6 Å². The van der Waals surface area contributed by atoms with E-state index in [9.17, 15) is 0 Å². The zero-order valence-electron chi connectivity index (χ0n) is 19.9. The number of benzene rings is 2. The first-order chi connectivity index (χ1) is 14.3. The second-order valence-electron chi connectivity index (χ2n) is 11.1. The van der Waals surface area contributed by atoms with Crippen molar-refractivity contribution in [3.05, 3.63) is 53.6 Å². The van der Waals surface area contributed by atoms with Crippen molar-refractivity contribution in [1.29, 1.82) is 0 Å². The smallest absolute Gasteiger partial charge is 0.403 e. The highest BCUT2D eigenvalue weighted by atomic mass is 16.7. The summed E-state index contributed by atoms with van der Waals surface area (Å²) >= 11 is 0. The lowest BCUT2D eigenvalue weighted by Crippen LogP contribution is -2.41. The SMILES string of the molecule is CC1(C)OB(C2=CC(B3OC(C)(C)C(C)(C)O3)c3cccc4cccc2c34)OC1(C)C. The van der Waals surface area contributed by atoms with Crippen molar-refractivity contribution < 1.29 is 18.6 Å². The molecule has 0 radical (unpaired) electrons. The van der Waals surface area contributed by atoms with Gasteiger partial charge in [0.2, 0.25) is 0 Å². The van der Waals surface area contributed by atoms with E-state index >= 15 is 0 Å². The molecular formula is C25H32B2O4. The summed E-state index contributed by atoms with van der Waals surface area (Å²) < 4.78 is 25.9. The van der Waals surface area contributed by atoms with Crippen LogP contribution in [-0.4, -0.2) is 36.6 Å². The Morgan fingerprint density at radius 3 is 1.77 bits per heavy atom. The molecule has 0 aromatic heterocycles. The van der Waals surface area contributed by atoms with Crippen molar-refractivity contribution in [3.63, 3.8) is 0 Å². The van der Waals surface area contributed by atoms with Crippen LogP contribution < -0.4 is 0 Å². The van der Waals surface area contributed by atoms with Gasteiger partial charge >= 0.3 is 14.2 Å². The molecule has 2 aromatic carbocycles. The van der Waals surface area contributed by atoms with Gasteiger partial charge in [0.1, 0.15) is 0 Å². The van der Waals surface area contributed by atoms with Gasteiger partial charge in [-0.15, -0.1) is 0 Å². The number of rotatable bonds is 2. The molecule has 3 aliphatic rings. The number of hydrogen-bond donors (Lipinski definition) is 0. The first-order valence-electron chi connectivity index (χ1n) is 11.3. The molecule has 2 aliphatic heterocycles. The monoisotopic (exact) mass is 418 g/mol. The van der Waals surface area contributed by atoms with Gasteiger partial charge in [0, 0.05) is 5.82 Å². The fraction of sp³-hybridized carbons (Fsp3) is 0.520. The Kier molecular flexibility index (Phi) is 4.44. The standard InChI is InChI=1S/C25H32B2O4/c1-22(2)23(3,4)29-26(28-22)19-15-20(27-30-24(5,6)25(7,8)31-27)18-14-10-12-16-11-9-13-17(19)21(16)18/h9-15,19H,1-8H3. The minimum Gasteiger partial charge on any atom is -0.403 e. The quantitative estimate of drug-likeness (QED) is 0.597. The van der Waals surface area contributed by atoms with Crippen LogP contribution in [0.5, 0.6) is 0 Å². The van der Waals surface area contributed by atoms with E-state index in [2.05, 4.69) is 97.9 Å². The molecule has 2 aromatic rings. The summed E-state index contributed by atoms with van der Waals surface area (Å²) in [6.07, 6.45) is 2.25. The molecule has 4 nitrogen and oxygen atoms in total. The van der Waals surface area contributed by atoms with Crippen molar-refractivity contribution in [2.24, 2.45) is 0 Å². The van der Waals surface area contributed by atoms with Crippen LogP contribution in [0.15, 0.2) is 42.5 Å². The van der Waals surface area contributed by atoms with Crippen molar-refractivity contribution >= 4 is 30.5 Å². The molecule has 2 heterocycles. The molecule has 5 rings (SSSR count). The van der Waals surface area contributed by atoms with Gasteiger partial charge in [-0.25, -0.2) is 0 Å². The summed E-state index contributed by atoms with van der Waals surface area (Å²) in [5, 5.41) is 2.44. The number of hydrogen-bond acceptors (Lipinski definition) is 4. The van der Waals surface area contributed by atoms with Gasteiger partial charge in [0.25, 0.3) is 0 Å². The molecule has 1 unspecified atom stereocenters. The average molecular weight is 418 g/mol. The average Bonchev–Trinajstić information content (AvgIpc) is 3.02. The molecule has 0 amide bonds. The molecule has 162 valence electrons. The predicted molar refractivity (Wildman–Crippen MR) is 127 cm³/mol. The van der Waals surface area contributed by atoms with E-state index in [0.29, 0.717) is 0 Å². The minimum absolute atomic E-state index is 0.0475. The summed E-state index contributed by atoms with van der Waals surface area (Å²) in [4.78, 5) is 0. The summed E-state index contributed by atoms with van der Waals surface area (Å²) in [5.41, 5.74) is 1.88. The topological polar surface area (TPSA) is 36.9 Å². The molecule has 0 N–H and O–H groups in total. The molecule has 1 atom stereocenters. The molecule has 31 heavy (non-hydrogen) atoms. The lowest BCUT2D eigenvalue weighted by atomic mass is 9.59. The predicted octanol–water partition coefficient (Wildman–Crippen LogP) is 5.58. The van der Waals surface area contributed by atoms with Gasteiger partial charge in [-0.3, -0.25) is 0 Å². The lowest BCUT2D eigenvalue weighted by molar-refractivity contribution is 0.00578. The van der Waals surface area contributed by atoms with Crippen LogP contribution in [0.1, 0.15) is 72.3 Å². The molecular weight excluding hydrogens is 386 g/mol. The molecule has 0 bridgehead atoms. The first-order valence-corrected chi connectivity index (χ1v) is 11.3. The Hall–Kier alpha value is -1.59. The molecule has 6 heteroatoms. The third-order valence-corrected chi connectivity index (χ3v) is 8.04. The van der Waals surface area contributed by atoms with E-state index in [1.54, 1.807) is 0 Å². The largest absolute Gasteiger partial charge is 0.495 e. The van der Waals surface area contributed by atoms with Crippen LogP contribution in [0.25, 0.3) is 16.2 Å². The summed E-state index contributed by atoms with van der Waals surface area (Å²) in [6.45, 7) is 16.8. The van der Waals surface area contributed by atoms with Crippen molar-refractivity contribution in [1.82, 2.24) is 0 Å². The fourth-order valence-electron chi connectivity index (χ4n) is 4.70. The van der Waals surface area contributed by atoms with Crippen LogP contribution in [0, 0.1) is 0 Å². The Morgan fingerprint density at radius 2 is 1.19 bits per heavy atom. The van der Waals surface area contributed by atoms with Gasteiger partial charge in [0.15, 0.2) is 0 Å². The van der Waals surface area contributed by atoms with Gasteiger partial charge in [-0.1, -0.05) is 42.5 Å². The second kappa shape index (κ2) is 6.48. The number of allylic oxidation sites excluding steroid dienone is 1. The molecule has 0 spiro atoms. The maximum absolute atomic E-state index is 6.49. The van der Waals surface area contributed by atoms with Crippen LogP contribution in [0.3, 0.4) is 0 Å². The van der Waals surface area contributed by atoms with Crippen LogP contribution >= 0.6 is 0 Å². The second-order valence-corrected chi connectivity index (χ2v) is 11.1. The minimum atomic E-state index is -0.436. The van der Waals surface area contributed by atoms with Gasteiger partial charge < -0.3 is 18.6 Å². The normalized spacial score (nSPS) is 27.6. The molecule has 0 saturated carbocycles. The fourth-order valence-corrected chi connectivity index (χ4v) is 4.70. The van der Waals surface area contributed by atoms with Crippen LogP contribution in [0.2, 0.25) is 0 Å². The van der Waals surface area contributed by atoms with E-state index in [0.717, 1.165) is 5.47 Å². The summed E-state index contributed by atoms with van der Waals surface area (Å²) in [6, 6.07) is 12.9. The van der Waals surface area contributed by atoms with Crippen LogP contribution in [0.4, 0.5) is 0 Å². The Balaban J connectivity index is 1.66. The molecule has 1 aliphatic carbocycles. The highest BCUT2D eigenvalue weighted by Crippen LogP contribution is 2.48. The first kappa shape index (κ1) is 21.3. The van der Waals surface area contributed by atoms with E-state index in [1.165, 1.54) is 21.9 Å². The molecule has 2 saturated heterocycles. The maximum Gasteiger partial charge on any atom is 0.495 e. The van der Waals surface area contributed by atoms with E-state index in [-0.39, 0.29) is 24.1 Å². The Bertz CT molecular complexity index is 1050. The zero-order chi connectivity index (χ0) is 22.4. The molecule has 2 fully saturated rings. The van der Waals surface area contributed by atoms with Gasteiger partial charge in [-0.05, 0) is 82.8 Å². The Labute approximate surface area is 186 Å². The van der Waals surface area contributed by atoms with E-state index in [1.807, 2.05) is 0 Å². The summed E-state index contributed by atoms with van der Waals surface area (Å²) in [7, 11) is -0.810. The maximum atomic E-state index is 6.49. The highest BCUT2D eigenvalue weighted by Gasteiger charge is 2.56.